The lowest BCUT2D eigenvalue weighted by Gasteiger charge is -2.19. The average Bonchev–Trinajstić information content (AvgIpc) is 2.98. The van der Waals surface area contributed by atoms with Crippen molar-refractivity contribution in [1.82, 2.24) is 10.3 Å². The van der Waals surface area contributed by atoms with Gasteiger partial charge in [0.25, 0.3) is 0 Å². The Balaban J connectivity index is 0.00000164. The molecule has 38 heavy (non-hydrogen) atoms. The Hall–Kier alpha value is -4.44. The Morgan fingerprint density at radius 3 is 2.55 bits per heavy atom. The number of pyridine rings is 1. The van der Waals surface area contributed by atoms with Crippen molar-refractivity contribution in [2.45, 2.75) is 33.7 Å². The van der Waals surface area contributed by atoms with Gasteiger partial charge in [-0.05, 0) is 77.7 Å². The van der Waals surface area contributed by atoms with E-state index in [9.17, 15) is 0 Å². The van der Waals surface area contributed by atoms with Crippen LogP contribution in [0.5, 0.6) is 0 Å². The normalized spacial score (nSPS) is 14.7. The highest BCUT2D eigenvalue weighted by atomic mass is 14.9. The maximum atomic E-state index is 4.66. The molecule has 1 aliphatic rings. The molecule has 0 saturated carbocycles. The summed E-state index contributed by atoms with van der Waals surface area (Å²) in [6, 6.07) is 25.3. The molecular formula is C34H36N4. The molecule has 1 unspecified atom stereocenters. The van der Waals surface area contributed by atoms with E-state index < -0.39 is 0 Å². The number of anilines is 1. The number of nitrogens with one attached hydrogen (secondary N) is 2. The van der Waals surface area contributed by atoms with E-state index in [4.69, 9.17) is 0 Å². The van der Waals surface area contributed by atoms with Crippen molar-refractivity contribution in [3.8, 4) is 0 Å². The molecule has 0 saturated heterocycles. The summed E-state index contributed by atoms with van der Waals surface area (Å²) in [6.45, 7) is 8.89. The molecule has 0 amide bonds. The van der Waals surface area contributed by atoms with E-state index in [1.807, 2.05) is 45.3 Å². The molecule has 2 N–H and O–H groups in total. The van der Waals surface area contributed by atoms with Gasteiger partial charge in [0.05, 0.1) is 17.4 Å². The highest BCUT2D eigenvalue weighted by Gasteiger charge is 2.11. The lowest BCUT2D eigenvalue weighted by atomic mass is 10.1. The van der Waals surface area contributed by atoms with Crippen molar-refractivity contribution in [3.05, 3.63) is 131 Å². The molecule has 192 valence electrons. The SMILES string of the molecule is C/C=C\c1cc(N=Cc2ccc(C3C=CC(CNc4ccc5ccccc5c4)=CN3)nc2)ccc1C.CC. The number of aromatic nitrogens is 1. The van der Waals surface area contributed by atoms with Crippen molar-refractivity contribution in [2.24, 2.45) is 4.99 Å². The fraction of sp³-hybridized carbons (Fsp3) is 0.176. The number of hydrogen-bond acceptors (Lipinski definition) is 4. The quantitative estimate of drug-likeness (QED) is 0.250. The number of aliphatic imine (C=N–C) groups is 1. The van der Waals surface area contributed by atoms with Crippen molar-refractivity contribution in [1.29, 1.82) is 0 Å². The van der Waals surface area contributed by atoms with Crippen molar-refractivity contribution >= 4 is 34.4 Å². The van der Waals surface area contributed by atoms with Gasteiger partial charge in [-0.1, -0.05) is 74.5 Å². The van der Waals surface area contributed by atoms with Crippen LogP contribution in [-0.4, -0.2) is 17.7 Å². The molecule has 4 aromatic rings. The third-order valence-electron chi connectivity index (χ3n) is 6.30. The summed E-state index contributed by atoms with van der Waals surface area (Å²) in [6.07, 6.45) is 14.3. The lowest BCUT2D eigenvalue weighted by molar-refractivity contribution is 0.713. The van der Waals surface area contributed by atoms with Gasteiger partial charge in [0.1, 0.15) is 0 Å². The Morgan fingerprint density at radius 1 is 0.974 bits per heavy atom. The first-order chi connectivity index (χ1) is 18.7. The molecule has 0 fully saturated rings. The van der Waals surface area contributed by atoms with Crippen LogP contribution in [-0.2, 0) is 0 Å². The van der Waals surface area contributed by atoms with Crippen molar-refractivity contribution < 1.29 is 0 Å². The molecule has 1 atom stereocenters. The zero-order chi connectivity index (χ0) is 26.7. The highest BCUT2D eigenvalue weighted by molar-refractivity contribution is 5.85. The first kappa shape index (κ1) is 26.6. The minimum atomic E-state index is 0.0564. The summed E-state index contributed by atoms with van der Waals surface area (Å²) in [4.78, 5) is 9.29. The molecule has 3 aromatic carbocycles. The predicted molar refractivity (Wildman–Crippen MR) is 164 cm³/mol. The van der Waals surface area contributed by atoms with Gasteiger partial charge in [0.2, 0.25) is 0 Å². The molecule has 0 spiro atoms. The lowest BCUT2D eigenvalue weighted by Crippen LogP contribution is -2.20. The van der Waals surface area contributed by atoms with Crippen LogP contribution in [0.1, 0.15) is 49.2 Å². The molecule has 4 heteroatoms. The fourth-order valence-corrected chi connectivity index (χ4v) is 4.21. The Bertz CT molecular complexity index is 1480. The largest absolute Gasteiger partial charge is 0.381 e. The van der Waals surface area contributed by atoms with Crippen molar-refractivity contribution in [3.63, 3.8) is 0 Å². The summed E-state index contributed by atoms with van der Waals surface area (Å²) in [7, 11) is 0. The molecule has 0 bridgehead atoms. The van der Waals surface area contributed by atoms with Crippen LogP contribution < -0.4 is 10.6 Å². The summed E-state index contributed by atoms with van der Waals surface area (Å²) in [5.74, 6) is 0. The second-order valence-electron chi connectivity index (χ2n) is 8.95. The molecule has 0 radical (unpaired) electrons. The van der Waals surface area contributed by atoms with Crippen LogP contribution >= 0.6 is 0 Å². The number of dihydropyridines is 1. The average molecular weight is 501 g/mol. The monoisotopic (exact) mass is 500 g/mol. The number of rotatable bonds is 7. The second-order valence-corrected chi connectivity index (χ2v) is 8.95. The summed E-state index contributed by atoms with van der Waals surface area (Å²) in [5.41, 5.74) is 7.63. The van der Waals surface area contributed by atoms with Crippen LogP contribution in [0.15, 0.2) is 114 Å². The molecule has 1 aromatic heterocycles. The van der Waals surface area contributed by atoms with Gasteiger partial charge >= 0.3 is 0 Å². The maximum Gasteiger partial charge on any atom is 0.0868 e. The van der Waals surface area contributed by atoms with Gasteiger partial charge in [-0.15, -0.1) is 0 Å². The zero-order valence-electron chi connectivity index (χ0n) is 22.6. The third kappa shape index (κ3) is 6.86. The first-order valence-corrected chi connectivity index (χ1v) is 13.3. The Kier molecular flexibility index (Phi) is 9.25. The van der Waals surface area contributed by atoms with Gasteiger partial charge in [-0.2, -0.15) is 0 Å². The number of nitrogens with zero attached hydrogens (tertiary/aromatic N) is 2. The molecular weight excluding hydrogens is 464 g/mol. The summed E-state index contributed by atoms with van der Waals surface area (Å²) >= 11 is 0. The van der Waals surface area contributed by atoms with Crippen molar-refractivity contribution in [2.75, 3.05) is 11.9 Å². The molecule has 2 heterocycles. The van der Waals surface area contributed by atoms with Crippen LogP contribution in [0.4, 0.5) is 11.4 Å². The fourth-order valence-electron chi connectivity index (χ4n) is 4.21. The minimum Gasteiger partial charge on any atom is -0.381 e. The number of aryl methyl sites for hydroxylation is 1. The molecule has 1 aliphatic heterocycles. The number of benzene rings is 3. The van der Waals surface area contributed by atoms with Gasteiger partial charge in [0.15, 0.2) is 0 Å². The molecule has 5 rings (SSSR count). The molecule has 4 nitrogen and oxygen atoms in total. The predicted octanol–water partition coefficient (Wildman–Crippen LogP) is 8.55. The van der Waals surface area contributed by atoms with Gasteiger partial charge < -0.3 is 10.6 Å². The van der Waals surface area contributed by atoms with E-state index in [1.165, 1.54) is 27.5 Å². The maximum absolute atomic E-state index is 4.66. The second kappa shape index (κ2) is 13.2. The Labute approximate surface area is 226 Å². The number of fused-ring (bicyclic) bond motifs is 1. The summed E-state index contributed by atoms with van der Waals surface area (Å²) in [5, 5.41) is 9.47. The smallest absolute Gasteiger partial charge is 0.0868 e. The zero-order valence-corrected chi connectivity index (χ0v) is 22.6. The molecule has 0 aliphatic carbocycles. The van der Waals surface area contributed by atoms with E-state index >= 15 is 0 Å². The first-order valence-electron chi connectivity index (χ1n) is 13.3. The third-order valence-corrected chi connectivity index (χ3v) is 6.30. The highest BCUT2D eigenvalue weighted by Crippen LogP contribution is 2.22. The van der Waals surface area contributed by atoms with E-state index in [1.54, 1.807) is 0 Å². The van der Waals surface area contributed by atoms with Crippen LogP contribution in [0, 0.1) is 6.92 Å². The van der Waals surface area contributed by atoms with Gasteiger partial charge in [-0.3, -0.25) is 9.98 Å². The minimum absolute atomic E-state index is 0.0564. The van der Waals surface area contributed by atoms with E-state index in [-0.39, 0.29) is 6.04 Å². The van der Waals surface area contributed by atoms with Gasteiger partial charge in [0, 0.05) is 36.4 Å². The van der Waals surface area contributed by atoms with E-state index in [2.05, 4.69) is 119 Å². The Morgan fingerprint density at radius 2 is 1.82 bits per heavy atom. The van der Waals surface area contributed by atoms with Crippen LogP contribution in [0.25, 0.3) is 16.8 Å². The standard InChI is InChI=1S/C32H30N4.C2H6/c1-3-6-27-17-29(13-9-23(27)2)33-19-24-10-15-31(35-21-24)32-16-11-25(22-36-32)20-34-30-14-12-26-7-4-5-8-28(26)18-30;1-2/h3-19,21-22,32,34,36H,20H2,1-2H3;1-2H3/b6-3-,33-19?;. The van der Waals surface area contributed by atoms with Crippen LogP contribution in [0.3, 0.4) is 0 Å². The van der Waals surface area contributed by atoms with Crippen LogP contribution in [0.2, 0.25) is 0 Å². The summed E-state index contributed by atoms with van der Waals surface area (Å²) < 4.78 is 0. The topological polar surface area (TPSA) is 49.3 Å². The van der Waals surface area contributed by atoms with E-state index in [0.29, 0.717) is 0 Å². The van der Waals surface area contributed by atoms with E-state index in [0.717, 1.165) is 29.2 Å². The number of hydrogen-bond donors (Lipinski definition) is 2. The number of allylic oxidation sites excluding steroid dienone is 1. The van der Waals surface area contributed by atoms with Gasteiger partial charge in [-0.25, -0.2) is 0 Å².